The van der Waals surface area contributed by atoms with Crippen LogP contribution in [0.5, 0.6) is 5.75 Å². The molecular formula is C22H26ClNO3. The number of aliphatic hydroxyl groups is 1. The summed E-state index contributed by atoms with van der Waals surface area (Å²) in [6, 6.07) is 15.6. The highest BCUT2D eigenvalue weighted by molar-refractivity contribution is 6.33. The molecule has 1 aliphatic rings. The van der Waals surface area contributed by atoms with Crippen molar-refractivity contribution in [2.24, 2.45) is 0 Å². The number of halogens is 1. The number of aliphatic hydroxyl groups excluding tert-OH is 1. The minimum Gasteiger partial charge on any atom is -0.510 e. The summed E-state index contributed by atoms with van der Waals surface area (Å²) in [7, 11) is 1.64. The second kappa shape index (κ2) is 9.67. The fourth-order valence-corrected chi connectivity index (χ4v) is 3.60. The summed E-state index contributed by atoms with van der Waals surface area (Å²) in [5, 5.41) is 11.1. The highest BCUT2D eigenvalue weighted by atomic mass is 35.5. The summed E-state index contributed by atoms with van der Waals surface area (Å²) in [6.45, 7) is 1.72. The van der Waals surface area contributed by atoms with Gasteiger partial charge in [0.05, 0.1) is 37.1 Å². The van der Waals surface area contributed by atoms with E-state index in [2.05, 4.69) is 4.90 Å². The Labute approximate surface area is 166 Å². The summed E-state index contributed by atoms with van der Waals surface area (Å²) in [4.78, 5) is 2.13. The Balaban J connectivity index is 1.74. The Kier molecular flexibility index (Phi) is 7.02. The Hall–Kier alpha value is -2.17. The van der Waals surface area contributed by atoms with E-state index >= 15 is 0 Å². The van der Waals surface area contributed by atoms with Gasteiger partial charge in [0.2, 0.25) is 0 Å². The van der Waals surface area contributed by atoms with E-state index in [1.54, 1.807) is 7.11 Å². The average Bonchev–Trinajstić information content (AvgIpc) is 2.70. The Morgan fingerprint density at radius 1 is 1.19 bits per heavy atom. The van der Waals surface area contributed by atoms with E-state index in [9.17, 15) is 5.11 Å². The first-order chi connectivity index (χ1) is 13.2. The van der Waals surface area contributed by atoms with Crippen molar-refractivity contribution in [3.05, 3.63) is 71.0 Å². The van der Waals surface area contributed by atoms with Gasteiger partial charge in [-0.3, -0.25) is 0 Å². The number of allylic oxidation sites excluding steroid dienone is 1. The fraction of sp³-hybridized carbons (Fsp3) is 0.364. The molecule has 0 heterocycles. The fourth-order valence-electron chi connectivity index (χ4n) is 3.37. The van der Waals surface area contributed by atoms with Crippen molar-refractivity contribution < 1.29 is 14.6 Å². The Morgan fingerprint density at radius 3 is 2.74 bits per heavy atom. The van der Waals surface area contributed by atoms with Crippen molar-refractivity contribution >= 4 is 17.3 Å². The molecule has 27 heavy (non-hydrogen) atoms. The van der Waals surface area contributed by atoms with Crippen LogP contribution in [0, 0.1) is 0 Å². The van der Waals surface area contributed by atoms with Crippen LogP contribution in [-0.2, 0) is 11.3 Å². The van der Waals surface area contributed by atoms with Crippen LogP contribution >= 0.6 is 11.6 Å². The summed E-state index contributed by atoms with van der Waals surface area (Å²) in [5.74, 6) is 1.15. The number of hydrogen-bond acceptors (Lipinski definition) is 4. The van der Waals surface area contributed by atoms with Crippen molar-refractivity contribution in [3.8, 4) is 5.75 Å². The van der Waals surface area contributed by atoms with E-state index in [0.717, 1.165) is 36.3 Å². The maximum Gasteiger partial charge on any atom is 0.121 e. The first-order valence-corrected chi connectivity index (χ1v) is 9.67. The molecule has 1 atom stereocenters. The molecule has 0 radical (unpaired) electrons. The summed E-state index contributed by atoms with van der Waals surface area (Å²) >= 11 is 6.48. The van der Waals surface area contributed by atoms with Crippen molar-refractivity contribution in [1.29, 1.82) is 0 Å². The van der Waals surface area contributed by atoms with Crippen molar-refractivity contribution in [2.75, 3.05) is 25.2 Å². The van der Waals surface area contributed by atoms with E-state index in [1.807, 2.05) is 54.6 Å². The van der Waals surface area contributed by atoms with Gasteiger partial charge >= 0.3 is 0 Å². The van der Waals surface area contributed by atoms with Crippen LogP contribution in [0.4, 0.5) is 5.69 Å². The first kappa shape index (κ1) is 19.6. The van der Waals surface area contributed by atoms with Crippen LogP contribution in [0.15, 0.2) is 60.4 Å². The zero-order valence-electron chi connectivity index (χ0n) is 15.6. The maximum absolute atomic E-state index is 10.5. The zero-order chi connectivity index (χ0) is 19.1. The monoisotopic (exact) mass is 387 g/mol. The largest absolute Gasteiger partial charge is 0.510 e. The van der Waals surface area contributed by atoms with Crippen LogP contribution in [-0.4, -0.2) is 31.4 Å². The minimum absolute atomic E-state index is 0.0938. The van der Waals surface area contributed by atoms with Gasteiger partial charge in [-0.15, -0.1) is 0 Å². The number of rotatable bonds is 8. The average molecular weight is 388 g/mol. The van der Waals surface area contributed by atoms with Crippen LogP contribution in [0.25, 0.3) is 0 Å². The molecule has 1 N–H and O–H groups in total. The first-order valence-electron chi connectivity index (χ1n) is 9.30. The third-order valence-electron chi connectivity index (χ3n) is 4.80. The van der Waals surface area contributed by atoms with E-state index in [0.29, 0.717) is 30.5 Å². The van der Waals surface area contributed by atoms with Gasteiger partial charge in [0.15, 0.2) is 0 Å². The smallest absolute Gasteiger partial charge is 0.121 e. The van der Waals surface area contributed by atoms with Crippen molar-refractivity contribution in [1.82, 2.24) is 0 Å². The molecule has 0 fully saturated rings. The minimum atomic E-state index is -0.0938. The van der Waals surface area contributed by atoms with E-state index < -0.39 is 0 Å². The summed E-state index contributed by atoms with van der Waals surface area (Å²) in [6.07, 6.45) is 4.73. The van der Waals surface area contributed by atoms with Crippen LogP contribution in [0.3, 0.4) is 0 Å². The number of anilines is 1. The van der Waals surface area contributed by atoms with Gasteiger partial charge in [0.1, 0.15) is 11.5 Å². The van der Waals surface area contributed by atoms with Gasteiger partial charge in [0.25, 0.3) is 0 Å². The number of nitrogens with zero attached hydrogens (tertiary/aromatic N) is 1. The molecule has 0 saturated carbocycles. The quantitative estimate of drug-likeness (QED) is 0.618. The number of methoxy groups -OCH3 is 1. The summed E-state index contributed by atoms with van der Waals surface area (Å²) in [5.41, 5.74) is 2.00. The standard InChI is InChI=1S/C22H26ClNO3/c1-26-18-11-12-19(23)21(15-18)24(20-9-5-6-10-22(20)25)13-14-27-16-17-7-3-2-4-8-17/h2-4,7-8,10-12,15,20,25H,5-6,9,13-14,16H2,1H3. The molecule has 0 spiro atoms. The number of ether oxygens (including phenoxy) is 2. The Bertz CT molecular complexity index is 763. The molecule has 1 aliphatic carbocycles. The van der Waals surface area contributed by atoms with Gasteiger partial charge in [-0.1, -0.05) is 41.9 Å². The van der Waals surface area contributed by atoms with Crippen molar-refractivity contribution in [3.63, 3.8) is 0 Å². The lowest BCUT2D eigenvalue weighted by Gasteiger charge is -2.35. The van der Waals surface area contributed by atoms with Gasteiger partial charge < -0.3 is 19.5 Å². The predicted molar refractivity (Wildman–Crippen MR) is 110 cm³/mol. The number of hydrogen-bond donors (Lipinski definition) is 1. The molecule has 0 aliphatic heterocycles. The molecule has 4 nitrogen and oxygen atoms in total. The second-order valence-corrected chi connectivity index (χ2v) is 7.03. The number of benzene rings is 2. The third-order valence-corrected chi connectivity index (χ3v) is 5.12. The molecule has 5 heteroatoms. The second-order valence-electron chi connectivity index (χ2n) is 6.62. The summed E-state index contributed by atoms with van der Waals surface area (Å²) < 4.78 is 11.2. The maximum atomic E-state index is 10.5. The molecule has 0 bridgehead atoms. The molecule has 3 rings (SSSR count). The van der Waals surface area contributed by atoms with Crippen molar-refractivity contribution in [2.45, 2.75) is 31.9 Å². The highest BCUT2D eigenvalue weighted by Gasteiger charge is 2.26. The molecular weight excluding hydrogens is 362 g/mol. The highest BCUT2D eigenvalue weighted by Crippen LogP contribution is 2.34. The van der Waals surface area contributed by atoms with Crippen LogP contribution in [0.2, 0.25) is 5.02 Å². The zero-order valence-corrected chi connectivity index (χ0v) is 16.4. The van der Waals surface area contributed by atoms with Gasteiger partial charge in [0, 0.05) is 12.6 Å². The lowest BCUT2D eigenvalue weighted by Crippen LogP contribution is -2.40. The lowest BCUT2D eigenvalue weighted by molar-refractivity contribution is 0.125. The lowest BCUT2D eigenvalue weighted by atomic mass is 9.98. The SMILES string of the molecule is COc1ccc(Cl)c(N(CCOCc2ccccc2)C2CCCC=C2O)c1. The van der Waals surface area contributed by atoms with E-state index in [1.165, 1.54) is 0 Å². The molecule has 2 aromatic rings. The van der Waals surface area contributed by atoms with E-state index in [4.69, 9.17) is 21.1 Å². The molecule has 0 saturated heterocycles. The van der Waals surface area contributed by atoms with E-state index in [-0.39, 0.29) is 6.04 Å². The van der Waals surface area contributed by atoms with Gasteiger partial charge in [-0.2, -0.15) is 0 Å². The molecule has 0 amide bonds. The third kappa shape index (κ3) is 5.18. The van der Waals surface area contributed by atoms with Gasteiger partial charge in [-0.05, 0) is 43.0 Å². The normalized spacial score (nSPS) is 16.7. The predicted octanol–water partition coefficient (Wildman–Crippen LogP) is 5.37. The van der Waals surface area contributed by atoms with Gasteiger partial charge in [-0.25, -0.2) is 0 Å². The topological polar surface area (TPSA) is 41.9 Å². The molecule has 0 aromatic heterocycles. The molecule has 2 aromatic carbocycles. The molecule has 1 unspecified atom stereocenters. The van der Waals surface area contributed by atoms with Crippen LogP contribution < -0.4 is 9.64 Å². The molecule has 144 valence electrons. The Morgan fingerprint density at radius 2 is 2.00 bits per heavy atom. The van der Waals surface area contributed by atoms with Crippen LogP contribution in [0.1, 0.15) is 24.8 Å².